The monoisotopic (exact) mass is 401 g/mol. The molecule has 0 saturated carbocycles. The molecule has 1 aromatic heterocycles. The zero-order valence-corrected chi connectivity index (χ0v) is 17.4. The van der Waals surface area contributed by atoms with E-state index in [1.807, 2.05) is 10.6 Å². The van der Waals surface area contributed by atoms with E-state index in [4.69, 9.17) is 9.47 Å². The van der Waals surface area contributed by atoms with Crippen LogP contribution in [0.15, 0.2) is 60.9 Å². The summed E-state index contributed by atoms with van der Waals surface area (Å²) in [5, 5.41) is 2.89. The van der Waals surface area contributed by atoms with Gasteiger partial charge in [0, 0.05) is 11.6 Å². The molecule has 0 bridgehead atoms. The van der Waals surface area contributed by atoms with Gasteiger partial charge in [-0.2, -0.15) is 0 Å². The molecule has 1 amide bonds. The van der Waals surface area contributed by atoms with E-state index in [-0.39, 0.29) is 5.91 Å². The van der Waals surface area contributed by atoms with E-state index in [9.17, 15) is 4.79 Å². The number of aryl methyl sites for hydroxylation is 2. The highest BCUT2D eigenvalue weighted by Gasteiger charge is 2.14. The van der Waals surface area contributed by atoms with Crippen molar-refractivity contribution < 1.29 is 14.3 Å². The second-order valence-electron chi connectivity index (χ2n) is 7.13. The highest BCUT2D eigenvalue weighted by Crippen LogP contribution is 2.30. The molecule has 0 aliphatic carbocycles. The predicted octanol–water partition coefficient (Wildman–Crippen LogP) is 4.91. The van der Waals surface area contributed by atoms with Crippen molar-refractivity contribution >= 4 is 22.6 Å². The fourth-order valence-electron chi connectivity index (χ4n) is 3.53. The van der Waals surface area contributed by atoms with E-state index in [2.05, 4.69) is 42.3 Å². The number of nitrogens with zero attached hydrogens (tertiary/aromatic N) is 2. The Morgan fingerprint density at radius 3 is 2.53 bits per heavy atom. The van der Waals surface area contributed by atoms with Gasteiger partial charge in [-0.1, -0.05) is 17.7 Å². The highest BCUT2D eigenvalue weighted by atomic mass is 16.5. The number of hydrogen-bond donors (Lipinski definition) is 1. The number of ether oxygens (including phenoxy) is 2. The first-order valence-electron chi connectivity index (χ1n) is 9.58. The third-order valence-electron chi connectivity index (χ3n) is 5.08. The van der Waals surface area contributed by atoms with Crippen LogP contribution >= 0.6 is 0 Å². The van der Waals surface area contributed by atoms with Crippen LogP contribution in [0.1, 0.15) is 21.5 Å². The molecule has 152 valence electrons. The van der Waals surface area contributed by atoms with Crippen LogP contribution in [0.2, 0.25) is 0 Å². The lowest BCUT2D eigenvalue weighted by Gasteiger charge is -2.12. The second-order valence-corrected chi connectivity index (χ2v) is 7.13. The minimum Gasteiger partial charge on any atom is -0.497 e. The minimum atomic E-state index is -0.246. The molecule has 6 nitrogen and oxygen atoms in total. The molecule has 6 heteroatoms. The van der Waals surface area contributed by atoms with E-state index < -0.39 is 0 Å². The summed E-state index contributed by atoms with van der Waals surface area (Å²) in [6.07, 6.45) is 1.79. The lowest BCUT2D eigenvalue weighted by molar-refractivity contribution is 0.102. The predicted molar refractivity (Wildman–Crippen MR) is 118 cm³/mol. The van der Waals surface area contributed by atoms with Gasteiger partial charge in [0.05, 0.1) is 36.6 Å². The van der Waals surface area contributed by atoms with Crippen LogP contribution in [0.4, 0.5) is 5.69 Å². The van der Waals surface area contributed by atoms with Crippen molar-refractivity contribution in [3.63, 3.8) is 0 Å². The number of rotatable bonds is 5. The summed E-state index contributed by atoms with van der Waals surface area (Å²) in [4.78, 5) is 17.4. The maximum absolute atomic E-state index is 12.9. The maximum atomic E-state index is 12.9. The molecule has 0 fully saturated rings. The lowest BCUT2D eigenvalue weighted by Crippen LogP contribution is -2.12. The third kappa shape index (κ3) is 3.59. The second kappa shape index (κ2) is 7.91. The Morgan fingerprint density at radius 1 is 0.967 bits per heavy atom. The molecule has 0 spiro atoms. The summed E-state index contributed by atoms with van der Waals surface area (Å²) in [6, 6.07) is 17.1. The van der Waals surface area contributed by atoms with Gasteiger partial charge in [-0.05, 0) is 55.8 Å². The first kappa shape index (κ1) is 19.5. The van der Waals surface area contributed by atoms with E-state index in [1.54, 1.807) is 50.9 Å². The van der Waals surface area contributed by atoms with E-state index in [1.165, 1.54) is 11.1 Å². The van der Waals surface area contributed by atoms with Gasteiger partial charge >= 0.3 is 0 Å². The molecule has 1 heterocycles. The first-order valence-corrected chi connectivity index (χ1v) is 9.58. The standard InChI is InChI=1S/C24H23N3O3/c1-15-5-8-21(16(2)11-15)27-14-25-19-12-17(6-9-22(19)27)24(28)26-20-13-18(29-3)7-10-23(20)30-4/h5-14H,1-4H3,(H,26,28). The average molecular weight is 401 g/mol. The van der Waals surface area contributed by atoms with Crippen molar-refractivity contribution in [3.8, 4) is 17.2 Å². The normalized spacial score (nSPS) is 10.8. The molecule has 30 heavy (non-hydrogen) atoms. The van der Waals surface area contributed by atoms with Crippen LogP contribution in [0, 0.1) is 13.8 Å². The Morgan fingerprint density at radius 2 is 1.80 bits per heavy atom. The first-order chi connectivity index (χ1) is 14.5. The topological polar surface area (TPSA) is 65.4 Å². The number of nitrogens with one attached hydrogen (secondary N) is 1. The molecule has 0 atom stereocenters. The molecule has 0 aliphatic rings. The molecule has 0 aliphatic heterocycles. The number of aromatic nitrogens is 2. The fourth-order valence-corrected chi connectivity index (χ4v) is 3.53. The number of carbonyl (C=O) groups is 1. The van der Waals surface area contributed by atoms with Gasteiger partial charge in [0.2, 0.25) is 0 Å². The van der Waals surface area contributed by atoms with Crippen molar-refractivity contribution in [2.45, 2.75) is 13.8 Å². The van der Waals surface area contributed by atoms with Crippen LogP contribution in [0.5, 0.6) is 11.5 Å². The van der Waals surface area contributed by atoms with Crippen LogP contribution in [0.25, 0.3) is 16.7 Å². The van der Waals surface area contributed by atoms with Crippen molar-refractivity contribution in [2.75, 3.05) is 19.5 Å². The minimum absolute atomic E-state index is 0.246. The number of imidazole rings is 1. The molecular weight excluding hydrogens is 378 g/mol. The summed E-state index contributed by atoms with van der Waals surface area (Å²) in [5.41, 5.74) is 6.20. The van der Waals surface area contributed by atoms with Crippen molar-refractivity contribution in [1.82, 2.24) is 9.55 Å². The average Bonchev–Trinajstić information content (AvgIpc) is 3.16. The smallest absolute Gasteiger partial charge is 0.255 e. The van der Waals surface area contributed by atoms with Gasteiger partial charge in [0.25, 0.3) is 5.91 Å². The van der Waals surface area contributed by atoms with E-state index in [0.29, 0.717) is 22.7 Å². The summed E-state index contributed by atoms with van der Waals surface area (Å²) >= 11 is 0. The molecular formula is C24H23N3O3. The Balaban J connectivity index is 1.66. The molecule has 4 aromatic rings. The molecule has 3 aromatic carbocycles. The molecule has 0 unspecified atom stereocenters. The number of fused-ring (bicyclic) bond motifs is 1. The van der Waals surface area contributed by atoms with Crippen LogP contribution < -0.4 is 14.8 Å². The van der Waals surface area contributed by atoms with E-state index >= 15 is 0 Å². The van der Waals surface area contributed by atoms with Gasteiger partial charge in [0.15, 0.2) is 0 Å². The Hall–Kier alpha value is -3.80. The molecule has 0 saturated heterocycles. The van der Waals surface area contributed by atoms with Crippen molar-refractivity contribution in [2.24, 2.45) is 0 Å². The Kier molecular flexibility index (Phi) is 5.14. The SMILES string of the molecule is COc1ccc(OC)c(NC(=O)c2ccc3c(c2)ncn3-c2ccc(C)cc2C)c1. The summed E-state index contributed by atoms with van der Waals surface area (Å²) in [7, 11) is 3.14. The van der Waals surface area contributed by atoms with Crippen LogP contribution in [0.3, 0.4) is 0 Å². The lowest BCUT2D eigenvalue weighted by atomic mass is 10.1. The Bertz CT molecular complexity index is 1240. The van der Waals surface area contributed by atoms with Crippen molar-refractivity contribution in [3.05, 3.63) is 77.6 Å². The van der Waals surface area contributed by atoms with Gasteiger partial charge < -0.3 is 14.8 Å². The summed E-state index contributed by atoms with van der Waals surface area (Å²) in [5.74, 6) is 0.947. The number of hydrogen-bond acceptors (Lipinski definition) is 4. The summed E-state index contributed by atoms with van der Waals surface area (Å²) in [6.45, 7) is 4.16. The summed E-state index contributed by atoms with van der Waals surface area (Å²) < 4.78 is 12.6. The van der Waals surface area contributed by atoms with Gasteiger partial charge in [0.1, 0.15) is 17.8 Å². The molecule has 4 rings (SSSR count). The number of benzene rings is 3. The number of amides is 1. The largest absolute Gasteiger partial charge is 0.497 e. The fraction of sp³-hybridized carbons (Fsp3) is 0.167. The van der Waals surface area contributed by atoms with Gasteiger partial charge in [-0.15, -0.1) is 0 Å². The Labute approximate surface area is 175 Å². The van der Waals surface area contributed by atoms with Gasteiger partial charge in [-0.25, -0.2) is 4.98 Å². The third-order valence-corrected chi connectivity index (χ3v) is 5.08. The van der Waals surface area contributed by atoms with Crippen LogP contribution in [-0.4, -0.2) is 29.7 Å². The van der Waals surface area contributed by atoms with Crippen LogP contribution in [-0.2, 0) is 0 Å². The van der Waals surface area contributed by atoms with E-state index in [0.717, 1.165) is 16.7 Å². The highest BCUT2D eigenvalue weighted by molar-refractivity contribution is 6.06. The number of carbonyl (C=O) groups excluding carboxylic acids is 1. The quantitative estimate of drug-likeness (QED) is 0.516. The number of methoxy groups -OCH3 is 2. The molecule has 0 radical (unpaired) electrons. The zero-order valence-electron chi connectivity index (χ0n) is 17.4. The van der Waals surface area contributed by atoms with Gasteiger partial charge in [-0.3, -0.25) is 9.36 Å². The molecule has 1 N–H and O–H groups in total. The van der Waals surface area contributed by atoms with Crippen molar-refractivity contribution in [1.29, 1.82) is 0 Å². The zero-order chi connectivity index (χ0) is 21.3. The number of anilines is 1. The maximum Gasteiger partial charge on any atom is 0.255 e.